The number of hydrogen-bond acceptors (Lipinski definition) is 5. The third-order valence-corrected chi connectivity index (χ3v) is 5.80. The minimum Gasteiger partial charge on any atom is -0.325 e. The van der Waals surface area contributed by atoms with E-state index >= 15 is 0 Å². The van der Waals surface area contributed by atoms with Crippen LogP contribution in [0.15, 0.2) is 0 Å². The standard InChI is InChI=1S/C16H25N5S/c1-11-12(2)22-16(18-11)21-15(14(10-17)19-20-21)9-8-13-6-4-3-5-7-13/h13H,3-10,17H2,1-2H3. The molecule has 3 rings (SSSR count). The monoisotopic (exact) mass is 319 g/mol. The molecule has 6 heteroatoms. The van der Waals surface area contributed by atoms with Crippen molar-refractivity contribution >= 4 is 11.3 Å². The van der Waals surface area contributed by atoms with E-state index in [2.05, 4.69) is 22.2 Å². The third kappa shape index (κ3) is 3.22. The molecule has 5 nitrogen and oxygen atoms in total. The maximum Gasteiger partial charge on any atom is 0.212 e. The Labute approximate surface area is 135 Å². The molecule has 0 saturated heterocycles. The van der Waals surface area contributed by atoms with Gasteiger partial charge in [-0.2, -0.15) is 4.68 Å². The first-order valence-corrected chi connectivity index (χ1v) is 9.08. The molecule has 0 atom stereocenters. The van der Waals surface area contributed by atoms with Crippen LogP contribution in [0.1, 0.15) is 60.5 Å². The van der Waals surface area contributed by atoms with Crippen LogP contribution >= 0.6 is 11.3 Å². The summed E-state index contributed by atoms with van der Waals surface area (Å²) < 4.78 is 1.91. The van der Waals surface area contributed by atoms with Gasteiger partial charge in [0.05, 0.1) is 17.1 Å². The Balaban J connectivity index is 1.80. The van der Waals surface area contributed by atoms with Crippen LogP contribution < -0.4 is 5.73 Å². The quantitative estimate of drug-likeness (QED) is 0.918. The van der Waals surface area contributed by atoms with Gasteiger partial charge in [-0.3, -0.25) is 0 Å². The highest BCUT2D eigenvalue weighted by Crippen LogP contribution is 2.29. The smallest absolute Gasteiger partial charge is 0.212 e. The number of aromatic nitrogens is 4. The van der Waals surface area contributed by atoms with Gasteiger partial charge in [0.25, 0.3) is 0 Å². The molecule has 2 heterocycles. The Morgan fingerprint density at radius 2 is 2.00 bits per heavy atom. The zero-order chi connectivity index (χ0) is 15.5. The molecule has 120 valence electrons. The third-order valence-electron chi connectivity index (χ3n) is 4.75. The van der Waals surface area contributed by atoms with E-state index in [0.717, 1.165) is 34.6 Å². The van der Waals surface area contributed by atoms with Gasteiger partial charge < -0.3 is 5.73 Å². The van der Waals surface area contributed by atoms with Crippen molar-refractivity contribution in [3.8, 4) is 5.13 Å². The Bertz CT molecular complexity index is 605. The normalized spacial score (nSPS) is 16.3. The topological polar surface area (TPSA) is 69.6 Å². The van der Waals surface area contributed by atoms with Gasteiger partial charge in [0.15, 0.2) is 0 Å². The SMILES string of the molecule is Cc1nc(-n2nnc(CN)c2CCC2CCCCC2)sc1C. The number of nitrogens with zero attached hydrogens (tertiary/aromatic N) is 4. The second-order valence-corrected chi connectivity index (χ2v) is 7.46. The van der Waals surface area contributed by atoms with Crippen LogP contribution in [0.3, 0.4) is 0 Å². The number of aryl methyl sites for hydroxylation is 2. The van der Waals surface area contributed by atoms with E-state index in [1.807, 2.05) is 11.6 Å². The molecule has 22 heavy (non-hydrogen) atoms. The van der Waals surface area contributed by atoms with Crippen LogP contribution in [0.2, 0.25) is 0 Å². The van der Waals surface area contributed by atoms with Crippen molar-refractivity contribution in [1.82, 2.24) is 20.0 Å². The predicted molar refractivity (Wildman–Crippen MR) is 89.3 cm³/mol. The minimum atomic E-state index is 0.448. The summed E-state index contributed by atoms with van der Waals surface area (Å²) in [5.74, 6) is 0.850. The van der Waals surface area contributed by atoms with Gasteiger partial charge in [-0.25, -0.2) is 4.98 Å². The largest absolute Gasteiger partial charge is 0.325 e. The van der Waals surface area contributed by atoms with E-state index in [1.54, 1.807) is 11.3 Å². The molecule has 0 radical (unpaired) electrons. The predicted octanol–water partition coefficient (Wildman–Crippen LogP) is 3.31. The van der Waals surface area contributed by atoms with E-state index in [9.17, 15) is 0 Å². The highest BCUT2D eigenvalue weighted by Gasteiger charge is 2.19. The number of hydrogen-bond donors (Lipinski definition) is 1. The van der Waals surface area contributed by atoms with Crippen LogP contribution in [-0.4, -0.2) is 20.0 Å². The van der Waals surface area contributed by atoms with Crippen LogP contribution in [0.25, 0.3) is 5.13 Å². The first-order valence-electron chi connectivity index (χ1n) is 8.27. The minimum absolute atomic E-state index is 0.448. The van der Waals surface area contributed by atoms with Crippen molar-refractivity contribution in [3.05, 3.63) is 22.0 Å². The molecular formula is C16H25N5S. The number of rotatable bonds is 5. The van der Waals surface area contributed by atoms with Gasteiger partial charge in [-0.05, 0) is 32.6 Å². The van der Waals surface area contributed by atoms with Crippen LogP contribution in [-0.2, 0) is 13.0 Å². The first-order chi connectivity index (χ1) is 10.7. The zero-order valence-electron chi connectivity index (χ0n) is 13.5. The molecule has 2 aromatic heterocycles. The molecule has 0 unspecified atom stereocenters. The van der Waals surface area contributed by atoms with E-state index in [-0.39, 0.29) is 0 Å². The van der Waals surface area contributed by atoms with Gasteiger partial charge in [0.2, 0.25) is 5.13 Å². The van der Waals surface area contributed by atoms with E-state index in [0.29, 0.717) is 6.54 Å². The van der Waals surface area contributed by atoms with Gasteiger partial charge in [0, 0.05) is 11.4 Å². The summed E-state index contributed by atoms with van der Waals surface area (Å²) in [6.07, 6.45) is 9.13. The summed E-state index contributed by atoms with van der Waals surface area (Å²) in [4.78, 5) is 5.86. The van der Waals surface area contributed by atoms with Crippen LogP contribution in [0.4, 0.5) is 0 Å². The lowest BCUT2D eigenvalue weighted by molar-refractivity contribution is 0.337. The maximum absolute atomic E-state index is 5.85. The molecule has 0 aliphatic heterocycles. The highest BCUT2D eigenvalue weighted by atomic mass is 32.1. The Morgan fingerprint density at radius 3 is 2.64 bits per heavy atom. The fraction of sp³-hybridized carbons (Fsp3) is 0.688. The Morgan fingerprint density at radius 1 is 1.23 bits per heavy atom. The molecular weight excluding hydrogens is 294 g/mol. The Hall–Kier alpha value is -1.27. The maximum atomic E-state index is 5.85. The van der Waals surface area contributed by atoms with Crippen LogP contribution in [0, 0.1) is 19.8 Å². The van der Waals surface area contributed by atoms with Crippen molar-refractivity contribution in [2.45, 2.75) is 65.3 Å². The van der Waals surface area contributed by atoms with E-state index < -0.39 is 0 Å². The van der Waals surface area contributed by atoms with E-state index in [1.165, 1.54) is 43.4 Å². The second kappa shape index (κ2) is 6.87. The summed E-state index contributed by atoms with van der Waals surface area (Å²) in [6.45, 7) is 4.58. The molecule has 2 aromatic rings. The summed E-state index contributed by atoms with van der Waals surface area (Å²) in [6, 6.07) is 0. The second-order valence-electron chi connectivity index (χ2n) is 6.28. The molecule has 0 bridgehead atoms. The molecule has 0 spiro atoms. The van der Waals surface area contributed by atoms with Crippen molar-refractivity contribution in [2.75, 3.05) is 0 Å². The molecule has 1 saturated carbocycles. The van der Waals surface area contributed by atoms with Crippen LogP contribution in [0.5, 0.6) is 0 Å². The number of nitrogens with two attached hydrogens (primary N) is 1. The molecule has 1 fully saturated rings. The average Bonchev–Trinajstić information content (AvgIpc) is 3.09. The van der Waals surface area contributed by atoms with Gasteiger partial charge in [-0.15, -0.1) is 5.10 Å². The van der Waals surface area contributed by atoms with Gasteiger partial charge in [-0.1, -0.05) is 48.7 Å². The average molecular weight is 319 g/mol. The lowest BCUT2D eigenvalue weighted by Crippen LogP contribution is -2.11. The summed E-state index contributed by atoms with van der Waals surface area (Å²) >= 11 is 1.68. The lowest BCUT2D eigenvalue weighted by Gasteiger charge is -2.21. The summed E-state index contributed by atoms with van der Waals surface area (Å²) in [7, 11) is 0. The van der Waals surface area contributed by atoms with Gasteiger partial charge in [0.1, 0.15) is 0 Å². The molecule has 0 amide bonds. The summed E-state index contributed by atoms with van der Waals surface area (Å²) in [5.41, 5.74) is 9.00. The fourth-order valence-corrected chi connectivity index (χ4v) is 4.14. The fourth-order valence-electron chi connectivity index (χ4n) is 3.26. The van der Waals surface area contributed by atoms with Crippen molar-refractivity contribution < 1.29 is 0 Å². The molecule has 1 aliphatic rings. The lowest BCUT2D eigenvalue weighted by atomic mass is 9.85. The first kappa shape index (κ1) is 15.6. The molecule has 1 aliphatic carbocycles. The van der Waals surface area contributed by atoms with Crippen molar-refractivity contribution in [3.63, 3.8) is 0 Å². The Kier molecular flexibility index (Phi) is 4.88. The number of thiazole rings is 1. The van der Waals surface area contributed by atoms with Crippen molar-refractivity contribution in [1.29, 1.82) is 0 Å². The van der Waals surface area contributed by atoms with Crippen molar-refractivity contribution in [2.24, 2.45) is 11.7 Å². The molecule has 0 aromatic carbocycles. The zero-order valence-corrected chi connectivity index (χ0v) is 14.3. The van der Waals surface area contributed by atoms with E-state index in [4.69, 9.17) is 5.73 Å². The highest BCUT2D eigenvalue weighted by molar-refractivity contribution is 7.14. The van der Waals surface area contributed by atoms with Gasteiger partial charge >= 0.3 is 0 Å². The summed E-state index contributed by atoms with van der Waals surface area (Å²) in [5, 5.41) is 9.50. The molecule has 2 N–H and O–H groups in total.